The highest BCUT2D eigenvalue weighted by Gasteiger charge is 2.33. The Kier molecular flexibility index (Phi) is 3.34. The average Bonchev–Trinajstić information content (AvgIpc) is 2.91. The van der Waals surface area contributed by atoms with Gasteiger partial charge in [0.15, 0.2) is 0 Å². The maximum absolute atomic E-state index is 12.5. The number of amides is 1. The lowest BCUT2D eigenvalue weighted by Gasteiger charge is -2.28. The lowest BCUT2D eigenvalue weighted by Crippen LogP contribution is -2.37. The predicted molar refractivity (Wildman–Crippen MR) is 90.6 cm³/mol. The van der Waals surface area contributed by atoms with Crippen LogP contribution in [0.4, 0.5) is 5.69 Å². The van der Waals surface area contributed by atoms with E-state index in [1.807, 2.05) is 42.5 Å². The van der Waals surface area contributed by atoms with Crippen LogP contribution in [0, 0.1) is 12.8 Å². The van der Waals surface area contributed by atoms with Gasteiger partial charge in [0.2, 0.25) is 5.91 Å². The first-order valence-electron chi connectivity index (χ1n) is 7.77. The number of nitrogens with zero attached hydrogens (tertiary/aromatic N) is 2. The maximum atomic E-state index is 12.5. The van der Waals surface area contributed by atoms with Crippen LogP contribution < -0.4 is 5.01 Å². The predicted octanol–water partition coefficient (Wildman–Crippen LogP) is 4.15. The van der Waals surface area contributed by atoms with Gasteiger partial charge in [0.1, 0.15) is 0 Å². The molecule has 0 saturated carbocycles. The van der Waals surface area contributed by atoms with Crippen LogP contribution in [0.5, 0.6) is 0 Å². The molecule has 0 saturated heterocycles. The Labute approximate surface area is 134 Å². The Bertz CT molecular complexity index is 745. The van der Waals surface area contributed by atoms with E-state index in [4.69, 9.17) is 5.10 Å². The number of rotatable bonds is 1. The summed E-state index contributed by atoms with van der Waals surface area (Å²) < 4.78 is 0. The minimum absolute atomic E-state index is 0.108. The van der Waals surface area contributed by atoms with E-state index in [0.29, 0.717) is 6.42 Å². The fourth-order valence-corrected chi connectivity index (χ4v) is 4.24. The maximum Gasteiger partial charge on any atom is 0.248 e. The molecule has 2 heterocycles. The molecule has 0 radical (unpaired) electrons. The van der Waals surface area contributed by atoms with Crippen LogP contribution in [-0.4, -0.2) is 11.6 Å². The monoisotopic (exact) mass is 310 g/mol. The number of thiophene rings is 1. The third-order valence-electron chi connectivity index (χ3n) is 4.51. The first kappa shape index (κ1) is 13.7. The fraction of sp³-hybridized carbons (Fsp3) is 0.333. The zero-order chi connectivity index (χ0) is 15.1. The molecular formula is C18H18N2OS. The van der Waals surface area contributed by atoms with E-state index in [9.17, 15) is 4.79 Å². The minimum atomic E-state index is 0.108. The molecule has 3 nitrogen and oxygen atoms in total. The summed E-state index contributed by atoms with van der Waals surface area (Å²) >= 11 is 1.81. The van der Waals surface area contributed by atoms with Gasteiger partial charge in [-0.3, -0.25) is 4.79 Å². The molecule has 22 heavy (non-hydrogen) atoms. The Morgan fingerprint density at radius 3 is 2.86 bits per heavy atom. The highest BCUT2D eigenvalue weighted by Crippen LogP contribution is 2.34. The van der Waals surface area contributed by atoms with Crippen LogP contribution in [0.1, 0.15) is 35.3 Å². The van der Waals surface area contributed by atoms with E-state index >= 15 is 0 Å². The quantitative estimate of drug-likeness (QED) is 0.779. The lowest BCUT2D eigenvalue weighted by atomic mass is 9.91. The van der Waals surface area contributed by atoms with E-state index in [0.717, 1.165) is 30.7 Å². The van der Waals surface area contributed by atoms with Crippen LogP contribution in [0.15, 0.2) is 40.8 Å². The first-order chi connectivity index (χ1) is 10.7. The van der Waals surface area contributed by atoms with E-state index in [1.54, 1.807) is 5.01 Å². The van der Waals surface area contributed by atoms with Crippen LogP contribution in [-0.2, 0) is 11.2 Å². The molecule has 4 heteroatoms. The summed E-state index contributed by atoms with van der Waals surface area (Å²) in [6.45, 7) is 2.05. The molecule has 1 amide bonds. The minimum Gasteiger partial charge on any atom is -0.273 e. The summed E-state index contributed by atoms with van der Waals surface area (Å²) in [5.41, 5.74) is 4.42. The number of hydrogen-bond acceptors (Lipinski definition) is 3. The summed E-state index contributed by atoms with van der Waals surface area (Å²) in [5, 5.41) is 8.50. The van der Waals surface area contributed by atoms with Crippen molar-refractivity contribution in [1.29, 1.82) is 0 Å². The first-order valence-corrected chi connectivity index (χ1v) is 8.65. The zero-order valence-electron chi connectivity index (χ0n) is 12.6. The van der Waals surface area contributed by atoms with Gasteiger partial charge in [-0.25, -0.2) is 5.01 Å². The summed E-state index contributed by atoms with van der Waals surface area (Å²) in [7, 11) is 0. The van der Waals surface area contributed by atoms with Crippen LogP contribution >= 0.6 is 11.3 Å². The molecule has 0 bridgehead atoms. The molecule has 2 aromatic rings. The second kappa shape index (κ2) is 5.36. The molecule has 1 unspecified atom stereocenters. The molecule has 1 atom stereocenters. The van der Waals surface area contributed by atoms with Crippen LogP contribution in [0.25, 0.3) is 0 Å². The van der Waals surface area contributed by atoms with Crippen LogP contribution in [0.2, 0.25) is 0 Å². The summed E-state index contributed by atoms with van der Waals surface area (Å²) in [5.74, 6) is 0.390. The third kappa shape index (κ3) is 2.28. The number of benzene rings is 1. The second-order valence-electron chi connectivity index (χ2n) is 6.08. The van der Waals surface area contributed by atoms with Crippen molar-refractivity contribution in [3.63, 3.8) is 0 Å². The number of carbonyl (C=O) groups excluding carboxylic acids is 1. The Morgan fingerprint density at radius 1 is 1.23 bits per heavy atom. The van der Waals surface area contributed by atoms with Crippen molar-refractivity contribution in [2.45, 2.75) is 32.6 Å². The Hall–Kier alpha value is -1.94. The van der Waals surface area contributed by atoms with Gasteiger partial charge in [-0.2, -0.15) is 5.10 Å². The van der Waals surface area contributed by atoms with E-state index in [2.05, 4.69) is 11.4 Å². The van der Waals surface area contributed by atoms with Gasteiger partial charge < -0.3 is 0 Å². The van der Waals surface area contributed by atoms with Crippen molar-refractivity contribution in [3.05, 3.63) is 51.7 Å². The molecule has 2 aliphatic rings. The molecule has 4 rings (SSSR count). The van der Waals surface area contributed by atoms with Gasteiger partial charge in [-0.15, -0.1) is 11.3 Å². The van der Waals surface area contributed by atoms with Gasteiger partial charge in [0.05, 0.1) is 11.4 Å². The highest BCUT2D eigenvalue weighted by atomic mass is 32.1. The molecule has 112 valence electrons. The van der Waals surface area contributed by atoms with Gasteiger partial charge in [-0.1, -0.05) is 17.7 Å². The largest absolute Gasteiger partial charge is 0.273 e. The number of hydrogen-bond donors (Lipinski definition) is 0. The third-order valence-corrected chi connectivity index (χ3v) is 5.49. The van der Waals surface area contributed by atoms with Gasteiger partial charge >= 0.3 is 0 Å². The molecule has 0 N–H and O–H groups in total. The van der Waals surface area contributed by atoms with Gasteiger partial charge in [0.25, 0.3) is 0 Å². The van der Waals surface area contributed by atoms with E-state index in [-0.39, 0.29) is 11.8 Å². The summed E-state index contributed by atoms with van der Waals surface area (Å²) in [6.07, 6.45) is 3.89. The molecular weight excluding hydrogens is 292 g/mol. The Balaban J connectivity index is 1.79. The van der Waals surface area contributed by atoms with E-state index < -0.39 is 0 Å². The summed E-state index contributed by atoms with van der Waals surface area (Å²) in [6, 6.07) is 10.2. The van der Waals surface area contributed by atoms with Crippen molar-refractivity contribution in [3.8, 4) is 0 Å². The van der Waals surface area contributed by atoms with Crippen molar-refractivity contribution in [2.75, 3.05) is 5.01 Å². The normalized spacial score (nSPS) is 21.0. The van der Waals surface area contributed by atoms with Crippen molar-refractivity contribution < 1.29 is 4.79 Å². The summed E-state index contributed by atoms with van der Waals surface area (Å²) in [4.78, 5) is 13.9. The topological polar surface area (TPSA) is 32.7 Å². The zero-order valence-corrected chi connectivity index (χ0v) is 13.4. The van der Waals surface area contributed by atoms with Crippen molar-refractivity contribution in [1.82, 2.24) is 0 Å². The van der Waals surface area contributed by atoms with Crippen molar-refractivity contribution >= 4 is 28.6 Å². The van der Waals surface area contributed by atoms with E-state index in [1.165, 1.54) is 16.0 Å². The lowest BCUT2D eigenvalue weighted by molar-refractivity contribution is -0.119. The number of fused-ring (bicyclic) bond motifs is 3. The molecule has 1 aromatic heterocycles. The number of hydrazone groups is 1. The average molecular weight is 310 g/mol. The molecule has 1 aromatic carbocycles. The highest BCUT2D eigenvalue weighted by molar-refractivity contribution is 7.10. The second-order valence-corrected chi connectivity index (χ2v) is 7.08. The van der Waals surface area contributed by atoms with Crippen LogP contribution in [0.3, 0.4) is 0 Å². The number of carbonyl (C=O) groups is 1. The molecule has 1 aliphatic carbocycles. The smallest absolute Gasteiger partial charge is 0.248 e. The number of anilines is 1. The Morgan fingerprint density at radius 2 is 2.05 bits per heavy atom. The molecule has 0 fully saturated rings. The van der Waals surface area contributed by atoms with Gasteiger partial charge in [0, 0.05) is 22.8 Å². The molecule has 1 aliphatic heterocycles. The fourth-order valence-electron chi connectivity index (χ4n) is 3.31. The standard InChI is InChI=1S/C18H18N2OS/c1-12-5-7-14(8-6-12)20-17(21)11-13-3-2-4-16-15(9-10-22-16)18(13)19-20/h5-10,13H,2-4,11H2,1H3. The number of aryl methyl sites for hydroxylation is 2. The molecule has 0 spiro atoms. The SMILES string of the molecule is Cc1ccc(N2N=C3c4ccsc4CCCC3CC2=O)cc1. The van der Waals surface area contributed by atoms with Crippen molar-refractivity contribution in [2.24, 2.45) is 11.0 Å². The van der Waals surface area contributed by atoms with Gasteiger partial charge in [-0.05, 0) is 49.8 Å².